The van der Waals surface area contributed by atoms with Crippen LogP contribution in [0.2, 0.25) is 0 Å². The van der Waals surface area contributed by atoms with Crippen molar-refractivity contribution in [2.75, 3.05) is 26.2 Å². The van der Waals surface area contributed by atoms with Gasteiger partial charge >= 0.3 is 0 Å². The van der Waals surface area contributed by atoms with Crippen LogP contribution in [-0.4, -0.2) is 57.8 Å². The van der Waals surface area contributed by atoms with Crippen LogP contribution in [0.3, 0.4) is 0 Å². The number of amides is 2. The fraction of sp³-hybridized carbons (Fsp3) is 0.667. The first kappa shape index (κ1) is 15.5. The Labute approximate surface area is 142 Å². The summed E-state index contributed by atoms with van der Waals surface area (Å²) in [5.41, 5.74) is 1.45. The van der Waals surface area contributed by atoms with E-state index in [0.29, 0.717) is 18.0 Å². The van der Waals surface area contributed by atoms with Crippen molar-refractivity contribution in [3.8, 4) is 0 Å². The van der Waals surface area contributed by atoms with E-state index in [1.165, 1.54) is 6.42 Å². The molecule has 0 aromatic carbocycles. The number of hydrogen-bond acceptors (Lipinski definition) is 4. The molecule has 1 aromatic heterocycles. The minimum Gasteiger partial charge on any atom is -0.341 e. The second kappa shape index (κ2) is 6.49. The molecule has 3 heterocycles. The van der Waals surface area contributed by atoms with Crippen LogP contribution in [0.1, 0.15) is 66.3 Å². The van der Waals surface area contributed by atoms with Crippen molar-refractivity contribution in [1.82, 2.24) is 19.8 Å². The van der Waals surface area contributed by atoms with Crippen molar-refractivity contribution in [1.29, 1.82) is 0 Å². The number of likely N-dealkylation sites (tertiary alicyclic amines) is 1. The molecule has 128 valence electrons. The zero-order valence-electron chi connectivity index (χ0n) is 14.0. The highest BCUT2D eigenvalue weighted by Crippen LogP contribution is 2.38. The molecule has 0 unspecified atom stereocenters. The summed E-state index contributed by atoms with van der Waals surface area (Å²) >= 11 is 0. The molecular formula is C18H24N4O2. The van der Waals surface area contributed by atoms with Gasteiger partial charge in [-0.25, -0.2) is 9.97 Å². The summed E-state index contributed by atoms with van der Waals surface area (Å²) in [5.74, 6) is 1.36. The second-order valence-corrected chi connectivity index (χ2v) is 7.13. The zero-order valence-corrected chi connectivity index (χ0v) is 14.0. The van der Waals surface area contributed by atoms with Crippen LogP contribution in [-0.2, 0) is 11.2 Å². The molecule has 4 rings (SSSR count). The van der Waals surface area contributed by atoms with Crippen molar-refractivity contribution >= 4 is 11.8 Å². The number of nitrogens with zero attached hydrogens (tertiary/aromatic N) is 4. The van der Waals surface area contributed by atoms with Crippen LogP contribution < -0.4 is 0 Å². The Hall–Kier alpha value is -1.98. The maximum atomic E-state index is 12.8. The molecule has 0 spiro atoms. The third-order valence-electron chi connectivity index (χ3n) is 5.22. The predicted octanol–water partition coefficient (Wildman–Crippen LogP) is 1.75. The molecule has 1 saturated carbocycles. The Kier molecular flexibility index (Phi) is 4.21. The van der Waals surface area contributed by atoms with E-state index >= 15 is 0 Å². The molecule has 1 aromatic rings. The van der Waals surface area contributed by atoms with Gasteiger partial charge in [-0.1, -0.05) is 0 Å². The van der Waals surface area contributed by atoms with E-state index in [1.54, 1.807) is 11.1 Å². The second-order valence-electron chi connectivity index (χ2n) is 7.13. The third-order valence-corrected chi connectivity index (χ3v) is 5.22. The molecule has 1 aliphatic carbocycles. The van der Waals surface area contributed by atoms with Crippen LogP contribution in [0.5, 0.6) is 0 Å². The van der Waals surface area contributed by atoms with Gasteiger partial charge in [0, 0.05) is 31.7 Å². The van der Waals surface area contributed by atoms with Gasteiger partial charge < -0.3 is 9.80 Å². The number of hydrogen-bond donors (Lipinski definition) is 0. The highest BCUT2D eigenvalue weighted by molar-refractivity contribution is 5.97. The van der Waals surface area contributed by atoms with E-state index in [4.69, 9.17) is 0 Å². The largest absolute Gasteiger partial charge is 0.341 e. The van der Waals surface area contributed by atoms with E-state index in [0.717, 1.165) is 63.1 Å². The van der Waals surface area contributed by atoms with Gasteiger partial charge in [0.2, 0.25) is 5.91 Å². The van der Waals surface area contributed by atoms with E-state index in [-0.39, 0.29) is 18.4 Å². The Morgan fingerprint density at radius 3 is 2.67 bits per heavy atom. The molecular weight excluding hydrogens is 304 g/mol. The van der Waals surface area contributed by atoms with Crippen LogP contribution in [0.4, 0.5) is 0 Å². The first-order valence-corrected chi connectivity index (χ1v) is 9.15. The molecule has 0 atom stereocenters. The summed E-state index contributed by atoms with van der Waals surface area (Å²) in [6.07, 6.45) is 8.97. The van der Waals surface area contributed by atoms with Crippen molar-refractivity contribution in [2.45, 2.75) is 50.9 Å². The SMILES string of the molecule is O=C(CN1CCCc2nc(C3CC3)ncc2C1=O)N1CCCCC1. The summed E-state index contributed by atoms with van der Waals surface area (Å²) in [6.45, 7) is 2.45. The first-order chi connectivity index (χ1) is 11.7. The zero-order chi connectivity index (χ0) is 16.5. The standard InChI is InChI=1S/C18H24N4O2/c23-16(21-8-2-1-3-9-21)12-22-10-4-5-15-14(18(22)24)11-19-17(20-15)13-6-7-13/h11,13H,1-10,12H2. The predicted molar refractivity (Wildman–Crippen MR) is 88.7 cm³/mol. The smallest absolute Gasteiger partial charge is 0.257 e. The van der Waals surface area contributed by atoms with Gasteiger partial charge in [0.15, 0.2) is 0 Å². The first-order valence-electron chi connectivity index (χ1n) is 9.15. The summed E-state index contributed by atoms with van der Waals surface area (Å²) < 4.78 is 0. The maximum Gasteiger partial charge on any atom is 0.257 e. The van der Waals surface area contributed by atoms with Crippen LogP contribution in [0, 0.1) is 0 Å². The Morgan fingerprint density at radius 2 is 1.92 bits per heavy atom. The maximum absolute atomic E-state index is 12.8. The number of carbonyl (C=O) groups is 2. The van der Waals surface area contributed by atoms with Crippen LogP contribution in [0.15, 0.2) is 6.20 Å². The average molecular weight is 328 g/mol. The summed E-state index contributed by atoms with van der Waals surface area (Å²) in [5, 5.41) is 0. The molecule has 2 fully saturated rings. The molecule has 2 aliphatic heterocycles. The molecule has 0 N–H and O–H groups in total. The van der Waals surface area contributed by atoms with Crippen molar-refractivity contribution in [3.63, 3.8) is 0 Å². The lowest BCUT2D eigenvalue weighted by Crippen LogP contribution is -2.44. The Morgan fingerprint density at radius 1 is 1.12 bits per heavy atom. The molecule has 1 saturated heterocycles. The van der Waals surface area contributed by atoms with Gasteiger partial charge in [0.05, 0.1) is 11.3 Å². The highest BCUT2D eigenvalue weighted by atomic mass is 16.2. The molecule has 0 bridgehead atoms. The van der Waals surface area contributed by atoms with E-state index < -0.39 is 0 Å². The number of piperidine rings is 1. The van der Waals surface area contributed by atoms with E-state index in [2.05, 4.69) is 9.97 Å². The normalized spacial score (nSPS) is 21.4. The Balaban J connectivity index is 1.48. The van der Waals surface area contributed by atoms with Crippen molar-refractivity contribution in [3.05, 3.63) is 23.3 Å². The summed E-state index contributed by atoms with van der Waals surface area (Å²) in [4.78, 5) is 37.9. The lowest BCUT2D eigenvalue weighted by atomic mass is 10.1. The quantitative estimate of drug-likeness (QED) is 0.848. The molecule has 24 heavy (non-hydrogen) atoms. The third kappa shape index (κ3) is 3.14. The van der Waals surface area contributed by atoms with Gasteiger partial charge in [0.25, 0.3) is 5.91 Å². The number of carbonyl (C=O) groups excluding carboxylic acids is 2. The van der Waals surface area contributed by atoms with Gasteiger partial charge in [-0.2, -0.15) is 0 Å². The topological polar surface area (TPSA) is 66.4 Å². The number of fused-ring (bicyclic) bond motifs is 1. The molecule has 3 aliphatic rings. The number of rotatable bonds is 3. The van der Waals surface area contributed by atoms with Gasteiger partial charge in [0.1, 0.15) is 12.4 Å². The number of aromatic nitrogens is 2. The molecule has 6 nitrogen and oxygen atoms in total. The van der Waals surface area contributed by atoms with Crippen LogP contribution >= 0.6 is 0 Å². The monoisotopic (exact) mass is 328 g/mol. The van der Waals surface area contributed by atoms with Crippen molar-refractivity contribution < 1.29 is 9.59 Å². The van der Waals surface area contributed by atoms with E-state index in [1.807, 2.05) is 4.90 Å². The summed E-state index contributed by atoms with van der Waals surface area (Å²) in [6, 6.07) is 0. The fourth-order valence-electron chi connectivity index (χ4n) is 3.61. The minimum atomic E-state index is -0.0878. The van der Waals surface area contributed by atoms with Crippen LogP contribution in [0.25, 0.3) is 0 Å². The lowest BCUT2D eigenvalue weighted by Gasteiger charge is -2.29. The highest BCUT2D eigenvalue weighted by Gasteiger charge is 2.31. The lowest BCUT2D eigenvalue weighted by molar-refractivity contribution is -0.132. The molecule has 2 amide bonds. The number of aryl methyl sites for hydroxylation is 1. The van der Waals surface area contributed by atoms with Gasteiger partial charge in [-0.15, -0.1) is 0 Å². The molecule has 6 heteroatoms. The Bertz CT molecular complexity index is 650. The average Bonchev–Trinajstić information content (AvgIpc) is 3.46. The van der Waals surface area contributed by atoms with E-state index in [9.17, 15) is 9.59 Å². The fourth-order valence-corrected chi connectivity index (χ4v) is 3.61. The molecule has 0 radical (unpaired) electrons. The minimum absolute atomic E-state index is 0.0713. The summed E-state index contributed by atoms with van der Waals surface area (Å²) in [7, 11) is 0. The van der Waals surface area contributed by atoms with Crippen molar-refractivity contribution in [2.24, 2.45) is 0 Å². The van der Waals surface area contributed by atoms with Gasteiger partial charge in [-0.05, 0) is 44.9 Å². The van der Waals surface area contributed by atoms with Gasteiger partial charge in [-0.3, -0.25) is 9.59 Å².